The Morgan fingerprint density at radius 3 is 2.77 bits per heavy atom. The molecule has 4 nitrogen and oxygen atoms in total. The van der Waals surface area contributed by atoms with Crippen LogP contribution in [0.4, 0.5) is 0 Å². The van der Waals surface area contributed by atoms with Crippen molar-refractivity contribution in [1.82, 2.24) is 5.32 Å². The monoisotopic (exact) mass is 295 g/mol. The molecule has 1 amide bonds. The van der Waals surface area contributed by atoms with Gasteiger partial charge in [-0.3, -0.25) is 4.79 Å². The fraction of sp³-hybridized carbons (Fsp3) is 0.278. The van der Waals surface area contributed by atoms with E-state index >= 15 is 0 Å². The Kier molecular flexibility index (Phi) is 3.22. The van der Waals surface area contributed by atoms with Gasteiger partial charge in [0.1, 0.15) is 0 Å². The molecule has 4 rings (SSSR count). The number of ether oxygens (including phenoxy) is 2. The normalized spacial score (nSPS) is 18.6. The first-order chi connectivity index (χ1) is 10.8. The SMILES string of the molecule is O=C(NC1CCc2ccccc2C1)c1ccc2c(c1)OCO2. The van der Waals surface area contributed by atoms with E-state index in [1.807, 2.05) is 0 Å². The van der Waals surface area contributed by atoms with E-state index in [0.717, 1.165) is 19.3 Å². The van der Waals surface area contributed by atoms with Crippen LogP contribution in [0.5, 0.6) is 11.5 Å². The molecular formula is C18H17NO3. The molecule has 0 aromatic heterocycles. The van der Waals surface area contributed by atoms with Crippen LogP contribution in [0.25, 0.3) is 0 Å². The molecule has 0 saturated heterocycles. The number of nitrogens with one attached hydrogen (secondary N) is 1. The molecule has 1 heterocycles. The van der Waals surface area contributed by atoms with Crippen LogP contribution < -0.4 is 14.8 Å². The Morgan fingerprint density at radius 1 is 1.05 bits per heavy atom. The van der Waals surface area contributed by atoms with Crippen LogP contribution in [-0.4, -0.2) is 18.7 Å². The largest absolute Gasteiger partial charge is 0.454 e. The van der Waals surface area contributed by atoms with Crippen molar-refractivity contribution in [3.63, 3.8) is 0 Å². The van der Waals surface area contributed by atoms with Crippen molar-refractivity contribution in [3.8, 4) is 11.5 Å². The number of hydrogen-bond donors (Lipinski definition) is 1. The molecule has 112 valence electrons. The van der Waals surface area contributed by atoms with E-state index in [0.29, 0.717) is 17.1 Å². The summed E-state index contributed by atoms with van der Waals surface area (Å²) in [7, 11) is 0. The molecule has 0 bridgehead atoms. The van der Waals surface area contributed by atoms with Gasteiger partial charge in [0.15, 0.2) is 11.5 Å². The van der Waals surface area contributed by atoms with Gasteiger partial charge in [0.05, 0.1) is 0 Å². The van der Waals surface area contributed by atoms with Crippen LogP contribution in [-0.2, 0) is 12.8 Å². The van der Waals surface area contributed by atoms with Gasteiger partial charge in [-0.1, -0.05) is 24.3 Å². The highest BCUT2D eigenvalue weighted by atomic mass is 16.7. The minimum atomic E-state index is -0.0531. The van der Waals surface area contributed by atoms with Crippen molar-refractivity contribution in [2.75, 3.05) is 6.79 Å². The maximum Gasteiger partial charge on any atom is 0.251 e. The van der Waals surface area contributed by atoms with Crippen molar-refractivity contribution < 1.29 is 14.3 Å². The van der Waals surface area contributed by atoms with Crippen molar-refractivity contribution in [2.45, 2.75) is 25.3 Å². The molecule has 1 atom stereocenters. The smallest absolute Gasteiger partial charge is 0.251 e. The van der Waals surface area contributed by atoms with Crippen molar-refractivity contribution in [3.05, 3.63) is 59.2 Å². The molecule has 0 spiro atoms. The maximum absolute atomic E-state index is 12.4. The van der Waals surface area contributed by atoms with Crippen LogP contribution in [0.15, 0.2) is 42.5 Å². The Balaban J connectivity index is 1.47. The van der Waals surface area contributed by atoms with Crippen molar-refractivity contribution in [1.29, 1.82) is 0 Å². The lowest BCUT2D eigenvalue weighted by atomic mass is 9.88. The van der Waals surface area contributed by atoms with Crippen molar-refractivity contribution >= 4 is 5.91 Å². The van der Waals surface area contributed by atoms with Crippen LogP contribution >= 0.6 is 0 Å². The minimum Gasteiger partial charge on any atom is -0.454 e. The summed E-state index contributed by atoms with van der Waals surface area (Å²) in [6, 6.07) is 13.9. The third-order valence-electron chi connectivity index (χ3n) is 4.32. The number of carbonyl (C=O) groups excluding carboxylic acids is 1. The number of benzene rings is 2. The summed E-state index contributed by atoms with van der Waals surface area (Å²) in [6.45, 7) is 0.222. The summed E-state index contributed by atoms with van der Waals surface area (Å²) in [5.74, 6) is 1.28. The van der Waals surface area contributed by atoms with Gasteiger partial charge in [-0.25, -0.2) is 0 Å². The van der Waals surface area contributed by atoms with E-state index in [4.69, 9.17) is 9.47 Å². The standard InChI is InChI=1S/C18H17NO3/c20-18(14-6-8-16-17(10-14)22-11-21-16)19-15-7-5-12-3-1-2-4-13(12)9-15/h1-4,6,8,10,15H,5,7,9,11H2,(H,19,20). The van der Waals surface area contributed by atoms with E-state index in [9.17, 15) is 4.79 Å². The second-order valence-electron chi connectivity index (χ2n) is 5.75. The zero-order chi connectivity index (χ0) is 14.9. The Hall–Kier alpha value is -2.49. The minimum absolute atomic E-state index is 0.0531. The van der Waals surface area contributed by atoms with Gasteiger partial charge in [0, 0.05) is 11.6 Å². The molecule has 2 aromatic rings. The van der Waals surface area contributed by atoms with E-state index in [1.165, 1.54) is 11.1 Å². The number of carbonyl (C=O) groups is 1. The fourth-order valence-electron chi connectivity index (χ4n) is 3.13. The summed E-state index contributed by atoms with van der Waals surface area (Å²) < 4.78 is 10.6. The Labute approximate surface area is 129 Å². The molecule has 0 saturated carbocycles. The van der Waals surface area contributed by atoms with Gasteiger partial charge in [0.25, 0.3) is 5.91 Å². The second-order valence-corrected chi connectivity index (χ2v) is 5.75. The number of hydrogen-bond acceptors (Lipinski definition) is 3. The first-order valence-corrected chi connectivity index (χ1v) is 7.57. The highest BCUT2D eigenvalue weighted by Gasteiger charge is 2.22. The molecule has 1 aliphatic carbocycles. The lowest BCUT2D eigenvalue weighted by molar-refractivity contribution is 0.0933. The molecule has 4 heteroatoms. The van der Waals surface area contributed by atoms with Crippen LogP contribution in [0, 0.1) is 0 Å². The number of amides is 1. The topological polar surface area (TPSA) is 47.6 Å². The molecule has 2 aliphatic rings. The van der Waals surface area contributed by atoms with Gasteiger partial charge >= 0.3 is 0 Å². The maximum atomic E-state index is 12.4. The summed E-state index contributed by atoms with van der Waals surface area (Å²) in [4.78, 5) is 12.4. The third kappa shape index (κ3) is 2.41. The quantitative estimate of drug-likeness (QED) is 0.926. The highest BCUT2D eigenvalue weighted by molar-refractivity contribution is 5.95. The predicted octanol–water partition coefficient (Wildman–Crippen LogP) is 2.70. The van der Waals surface area contributed by atoms with E-state index < -0.39 is 0 Å². The van der Waals surface area contributed by atoms with Crippen LogP contribution in [0.2, 0.25) is 0 Å². The first kappa shape index (κ1) is 13.2. The number of fused-ring (bicyclic) bond motifs is 2. The zero-order valence-electron chi connectivity index (χ0n) is 12.2. The lowest BCUT2D eigenvalue weighted by Gasteiger charge is -2.25. The first-order valence-electron chi connectivity index (χ1n) is 7.57. The average molecular weight is 295 g/mol. The molecule has 0 radical (unpaired) electrons. The van der Waals surface area contributed by atoms with Gasteiger partial charge in [-0.05, 0) is 48.6 Å². The van der Waals surface area contributed by atoms with Crippen LogP contribution in [0.3, 0.4) is 0 Å². The van der Waals surface area contributed by atoms with Gasteiger partial charge in [-0.15, -0.1) is 0 Å². The van der Waals surface area contributed by atoms with Crippen molar-refractivity contribution in [2.24, 2.45) is 0 Å². The molecular weight excluding hydrogens is 278 g/mol. The number of rotatable bonds is 2. The predicted molar refractivity (Wildman–Crippen MR) is 82.3 cm³/mol. The summed E-state index contributed by atoms with van der Waals surface area (Å²) in [5, 5.41) is 3.13. The molecule has 2 aromatic carbocycles. The molecule has 0 fully saturated rings. The second kappa shape index (κ2) is 5.37. The Bertz CT molecular complexity index is 726. The van der Waals surface area contributed by atoms with E-state index in [1.54, 1.807) is 18.2 Å². The average Bonchev–Trinajstić information content (AvgIpc) is 3.02. The molecule has 1 unspecified atom stereocenters. The van der Waals surface area contributed by atoms with E-state index in [-0.39, 0.29) is 18.7 Å². The summed E-state index contributed by atoms with van der Waals surface area (Å²) in [6.07, 6.45) is 2.89. The Morgan fingerprint density at radius 2 is 1.86 bits per heavy atom. The highest BCUT2D eigenvalue weighted by Crippen LogP contribution is 2.32. The van der Waals surface area contributed by atoms with Gasteiger partial charge in [-0.2, -0.15) is 0 Å². The molecule has 1 N–H and O–H groups in total. The molecule has 22 heavy (non-hydrogen) atoms. The van der Waals surface area contributed by atoms with Crippen LogP contribution in [0.1, 0.15) is 27.9 Å². The van der Waals surface area contributed by atoms with Gasteiger partial charge in [0.2, 0.25) is 6.79 Å². The van der Waals surface area contributed by atoms with Gasteiger partial charge < -0.3 is 14.8 Å². The third-order valence-corrected chi connectivity index (χ3v) is 4.32. The van der Waals surface area contributed by atoms with E-state index in [2.05, 4.69) is 29.6 Å². The molecule has 1 aliphatic heterocycles. The summed E-state index contributed by atoms with van der Waals surface area (Å²) >= 11 is 0. The summed E-state index contributed by atoms with van der Waals surface area (Å²) in [5.41, 5.74) is 3.35. The zero-order valence-corrected chi connectivity index (χ0v) is 12.2. The number of aryl methyl sites for hydroxylation is 1. The lowest BCUT2D eigenvalue weighted by Crippen LogP contribution is -2.38. The fourth-order valence-corrected chi connectivity index (χ4v) is 3.13.